The van der Waals surface area contributed by atoms with Gasteiger partial charge in [0.15, 0.2) is 17.2 Å². The van der Waals surface area contributed by atoms with Crippen LogP contribution in [0.15, 0.2) is 6.20 Å². The van der Waals surface area contributed by atoms with Crippen molar-refractivity contribution in [3.63, 3.8) is 0 Å². The molecule has 1 fully saturated rings. The molecule has 3 rings (SSSR count). The number of halogens is 1. The number of nitrogens with zero attached hydrogens (tertiary/aromatic N) is 3. The van der Waals surface area contributed by atoms with E-state index in [1.54, 1.807) is 18.7 Å². The molecule has 1 saturated heterocycles. The Labute approximate surface area is 142 Å². The number of hydrogen-bond donors (Lipinski definition) is 0. The Morgan fingerprint density at radius 3 is 2.65 bits per heavy atom. The topological polar surface area (TPSA) is 64.6 Å². The predicted molar refractivity (Wildman–Crippen MR) is 89.0 cm³/mol. The van der Waals surface area contributed by atoms with Crippen LogP contribution in [-0.4, -0.2) is 41.2 Å². The minimum absolute atomic E-state index is 0.101. The van der Waals surface area contributed by atoms with E-state index in [0.717, 1.165) is 26.1 Å². The molecule has 0 spiro atoms. The summed E-state index contributed by atoms with van der Waals surface area (Å²) in [6.07, 6.45) is 3.41. The van der Waals surface area contributed by atoms with Gasteiger partial charge in [0.2, 0.25) is 5.28 Å². The summed E-state index contributed by atoms with van der Waals surface area (Å²) in [5.41, 5.74) is -0.921. The normalized spacial score (nSPS) is 20.2. The standard InChI is InChI=1S/C14H18ClN3O3.C2H6/c1-14(2)12(19)18(8-9-3-5-20-6-4-9)11-10(21-14)7-16-13(15)17-11;1-2/h7,9H,3-6,8H2,1-2H3;1-2H3. The van der Waals surface area contributed by atoms with Gasteiger partial charge >= 0.3 is 0 Å². The van der Waals surface area contributed by atoms with Gasteiger partial charge in [-0.2, -0.15) is 4.98 Å². The summed E-state index contributed by atoms with van der Waals surface area (Å²) < 4.78 is 11.1. The molecule has 0 bridgehead atoms. The molecule has 1 aromatic heterocycles. The largest absolute Gasteiger partial charge is 0.472 e. The number of carbonyl (C=O) groups excluding carboxylic acids is 1. The summed E-state index contributed by atoms with van der Waals surface area (Å²) in [6, 6.07) is 0. The molecule has 23 heavy (non-hydrogen) atoms. The number of fused-ring (bicyclic) bond motifs is 1. The van der Waals surface area contributed by atoms with Crippen LogP contribution in [0.2, 0.25) is 5.28 Å². The Bertz CT molecular complexity index is 560. The van der Waals surface area contributed by atoms with Gasteiger partial charge in [-0.25, -0.2) is 4.98 Å². The summed E-state index contributed by atoms with van der Waals surface area (Å²) in [5.74, 6) is 1.26. The second kappa shape index (κ2) is 7.45. The average Bonchev–Trinajstić information content (AvgIpc) is 2.55. The van der Waals surface area contributed by atoms with Crippen molar-refractivity contribution < 1.29 is 14.3 Å². The average molecular weight is 342 g/mol. The van der Waals surface area contributed by atoms with Crippen LogP contribution in [0.4, 0.5) is 5.82 Å². The van der Waals surface area contributed by atoms with E-state index < -0.39 is 5.60 Å². The van der Waals surface area contributed by atoms with Gasteiger partial charge in [0.1, 0.15) is 0 Å². The molecule has 3 heterocycles. The van der Waals surface area contributed by atoms with Gasteiger partial charge in [0.05, 0.1) is 6.20 Å². The lowest BCUT2D eigenvalue weighted by Crippen LogP contribution is -2.54. The number of carbonyl (C=O) groups is 1. The minimum Gasteiger partial charge on any atom is -0.472 e. The van der Waals surface area contributed by atoms with E-state index >= 15 is 0 Å². The molecule has 0 aliphatic carbocycles. The molecule has 2 aliphatic heterocycles. The highest BCUT2D eigenvalue weighted by Gasteiger charge is 2.42. The molecule has 0 saturated carbocycles. The molecule has 6 nitrogen and oxygen atoms in total. The molecule has 0 aromatic carbocycles. The van der Waals surface area contributed by atoms with Gasteiger partial charge in [-0.3, -0.25) is 9.69 Å². The lowest BCUT2D eigenvalue weighted by molar-refractivity contribution is -0.133. The number of amides is 1. The van der Waals surface area contributed by atoms with Crippen LogP contribution in [0.3, 0.4) is 0 Å². The molecule has 1 amide bonds. The third-order valence-electron chi connectivity index (χ3n) is 3.87. The SMILES string of the molecule is CC.CC1(C)Oc2cnc(Cl)nc2N(CC2CCOCC2)C1=O. The van der Waals surface area contributed by atoms with Gasteiger partial charge in [-0.1, -0.05) is 13.8 Å². The zero-order chi connectivity index (χ0) is 17.0. The summed E-state index contributed by atoms with van der Waals surface area (Å²) in [4.78, 5) is 22.5. The maximum absolute atomic E-state index is 12.7. The van der Waals surface area contributed by atoms with Gasteiger partial charge in [0.25, 0.3) is 5.91 Å². The quantitative estimate of drug-likeness (QED) is 0.773. The van der Waals surface area contributed by atoms with E-state index in [1.807, 2.05) is 13.8 Å². The first-order valence-corrected chi connectivity index (χ1v) is 8.46. The summed E-state index contributed by atoms with van der Waals surface area (Å²) in [7, 11) is 0. The third kappa shape index (κ3) is 3.93. The molecule has 128 valence electrons. The fraction of sp³-hybridized carbons (Fsp3) is 0.688. The van der Waals surface area contributed by atoms with Crippen molar-refractivity contribution in [1.82, 2.24) is 9.97 Å². The second-order valence-corrected chi connectivity index (χ2v) is 6.25. The van der Waals surface area contributed by atoms with E-state index in [1.165, 1.54) is 6.20 Å². The highest BCUT2D eigenvalue weighted by Crippen LogP contribution is 2.37. The van der Waals surface area contributed by atoms with Crippen molar-refractivity contribution >= 4 is 23.3 Å². The first-order chi connectivity index (χ1) is 11.0. The first kappa shape index (κ1) is 17.9. The van der Waals surface area contributed by atoms with Crippen molar-refractivity contribution in [3.8, 4) is 5.75 Å². The van der Waals surface area contributed by atoms with Gasteiger partial charge in [-0.15, -0.1) is 0 Å². The molecule has 0 N–H and O–H groups in total. The summed E-state index contributed by atoms with van der Waals surface area (Å²) in [6.45, 7) is 9.59. The number of ether oxygens (including phenoxy) is 2. The van der Waals surface area contributed by atoms with E-state index in [2.05, 4.69) is 9.97 Å². The minimum atomic E-state index is -0.921. The monoisotopic (exact) mass is 341 g/mol. The van der Waals surface area contributed by atoms with Crippen LogP contribution in [0, 0.1) is 5.92 Å². The fourth-order valence-corrected chi connectivity index (χ4v) is 2.83. The van der Waals surface area contributed by atoms with Crippen molar-refractivity contribution in [2.24, 2.45) is 5.92 Å². The maximum Gasteiger partial charge on any atom is 0.271 e. The lowest BCUT2D eigenvalue weighted by atomic mass is 9.97. The number of hydrogen-bond acceptors (Lipinski definition) is 5. The van der Waals surface area contributed by atoms with Crippen molar-refractivity contribution in [1.29, 1.82) is 0 Å². The van der Waals surface area contributed by atoms with Crippen molar-refractivity contribution in [2.75, 3.05) is 24.7 Å². The smallest absolute Gasteiger partial charge is 0.271 e. The predicted octanol–water partition coefficient (Wildman–Crippen LogP) is 3.09. The Morgan fingerprint density at radius 2 is 2.00 bits per heavy atom. The van der Waals surface area contributed by atoms with Crippen LogP contribution >= 0.6 is 11.6 Å². The van der Waals surface area contributed by atoms with Gasteiger partial charge in [0, 0.05) is 19.8 Å². The highest BCUT2D eigenvalue weighted by atomic mass is 35.5. The Kier molecular flexibility index (Phi) is 5.81. The van der Waals surface area contributed by atoms with Crippen LogP contribution in [-0.2, 0) is 9.53 Å². The molecule has 7 heteroatoms. The molecule has 0 unspecified atom stereocenters. The van der Waals surface area contributed by atoms with E-state index in [9.17, 15) is 4.79 Å². The Hall–Kier alpha value is -1.40. The second-order valence-electron chi connectivity index (χ2n) is 5.91. The summed E-state index contributed by atoms with van der Waals surface area (Å²) in [5, 5.41) is 0.113. The summed E-state index contributed by atoms with van der Waals surface area (Å²) >= 11 is 5.87. The van der Waals surface area contributed by atoms with Crippen molar-refractivity contribution in [3.05, 3.63) is 11.5 Å². The lowest BCUT2D eigenvalue weighted by Gasteiger charge is -2.39. The van der Waals surface area contributed by atoms with Crippen LogP contribution in [0.1, 0.15) is 40.5 Å². The van der Waals surface area contributed by atoms with Crippen LogP contribution < -0.4 is 9.64 Å². The molecular weight excluding hydrogens is 318 g/mol. The molecule has 0 atom stereocenters. The van der Waals surface area contributed by atoms with Crippen LogP contribution in [0.25, 0.3) is 0 Å². The maximum atomic E-state index is 12.7. The van der Waals surface area contributed by atoms with Crippen LogP contribution in [0.5, 0.6) is 5.75 Å². The number of anilines is 1. The molecule has 2 aliphatic rings. The highest BCUT2D eigenvalue weighted by molar-refractivity contribution is 6.28. The van der Waals surface area contributed by atoms with E-state index in [4.69, 9.17) is 21.1 Å². The number of rotatable bonds is 2. The van der Waals surface area contributed by atoms with Crippen molar-refractivity contribution in [2.45, 2.75) is 46.1 Å². The molecular formula is C16H24ClN3O3. The van der Waals surface area contributed by atoms with Gasteiger partial charge in [-0.05, 0) is 44.2 Å². The zero-order valence-corrected chi connectivity index (χ0v) is 14.9. The third-order valence-corrected chi connectivity index (χ3v) is 4.05. The zero-order valence-electron chi connectivity index (χ0n) is 14.1. The Morgan fingerprint density at radius 1 is 1.35 bits per heavy atom. The van der Waals surface area contributed by atoms with Gasteiger partial charge < -0.3 is 9.47 Å². The first-order valence-electron chi connectivity index (χ1n) is 8.08. The van der Waals surface area contributed by atoms with E-state index in [0.29, 0.717) is 24.0 Å². The number of aromatic nitrogens is 2. The molecule has 0 radical (unpaired) electrons. The van der Waals surface area contributed by atoms with E-state index in [-0.39, 0.29) is 11.2 Å². The fourth-order valence-electron chi connectivity index (χ4n) is 2.70. The molecule has 1 aromatic rings. The Balaban J connectivity index is 0.000000924.